The summed E-state index contributed by atoms with van der Waals surface area (Å²) in [6.07, 6.45) is -3.34. The van der Waals surface area contributed by atoms with Gasteiger partial charge in [0.25, 0.3) is 0 Å². The van der Waals surface area contributed by atoms with E-state index in [9.17, 15) is 13.2 Å². The average Bonchev–Trinajstić information content (AvgIpc) is 2.79. The molecular formula is C12H10BrF3N2O3. The van der Waals surface area contributed by atoms with Gasteiger partial charge in [-0.2, -0.15) is 4.98 Å². The number of nitrogens with zero attached hydrogens (tertiary/aromatic N) is 1. The number of rotatable bonds is 5. The first-order chi connectivity index (χ1) is 9.87. The van der Waals surface area contributed by atoms with Crippen molar-refractivity contribution in [3.8, 4) is 17.6 Å². The maximum absolute atomic E-state index is 12.1. The molecule has 0 saturated carbocycles. The zero-order valence-corrected chi connectivity index (χ0v) is 12.3. The number of nitrogens with one attached hydrogen (secondary N) is 1. The molecule has 0 radical (unpaired) electrons. The van der Waals surface area contributed by atoms with Gasteiger partial charge in [-0.3, -0.25) is 0 Å². The third-order valence-electron chi connectivity index (χ3n) is 2.22. The van der Waals surface area contributed by atoms with Crippen LogP contribution in [0.15, 0.2) is 33.4 Å². The molecule has 0 fully saturated rings. The van der Waals surface area contributed by atoms with Gasteiger partial charge < -0.3 is 19.2 Å². The normalized spacial score (nSPS) is 11.5. The molecule has 0 spiro atoms. The Hall–Kier alpha value is -1.74. The molecule has 0 amide bonds. The molecule has 0 aliphatic rings. The number of alkyl halides is 3. The number of halogens is 4. The van der Waals surface area contributed by atoms with Gasteiger partial charge in [-0.15, -0.1) is 13.2 Å². The lowest BCUT2D eigenvalue weighted by molar-refractivity contribution is -0.274. The van der Waals surface area contributed by atoms with Crippen LogP contribution in [-0.4, -0.2) is 18.4 Å². The van der Waals surface area contributed by atoms with Crippen LogP contribution >= 0.6 is 15.9 Å². The van der Waals surface area contributed by atoms with Crippen molar-refractivity contribution in [2.75, 3.05) is 7.05 Å². The van der Waals surface area contributed by atoms with Gasteiger partial charge in [0, 0.05) is 6.54 Å². The van der Waals surface area contributed by atoms with Crippen LogP contribution in [0.2, 0.25) is 0 Å². The van der Waals surface area contributed by atoms with Crippen LogP contribution in [0.1, 0.15) is 5.69 Å². The molecule has 21 heavy (non-hydrogen) atoms. The lowest BCUT2D eigenvalue weighted by atomic mass is 10.3. The third-order valence-corrected chi connectivity index (χ3v) is 2.84. The summed E-state index contributed by atoms with van der Waals surface area (Å²) < 4.78 is 50.7. The van der Waals surface area contributed by atoms with Crippen molar-refractivity contribution in [3.05, 3.63) is 34.6 Å². The Morgan fingerprint density at radius 2 is 2.14 bits per heavy atom. The van der Waals surface area contributed by atoms with Gasteiger partial charge in [0.05, 0.1) is 10.2 Å². The van der Waals surface area contributed by atoms with E-state index in [4.69, 9.17) is 9.15 Å². The van der Waals surface area contributed by atoms with E-state index in [1.54, 1.807) is 7.05 Å². The standard InChI is InChI=1S/C12H10BrF3N2O3/c1-17-5-7-6-19-11(18-7)20-8-2-3-10(9(13)4-8)21-12(14,15)16/h2-4,6,17H,5H2,1H3. The average molecular weight is 367 g/mol. The van der Waals surface area contributed by atoms with E-state index in [-0.39, 0.29) is 22.0 Å². The molecule has 0 saturated heterocycles. The summed E-state index contributed by atoms with van der Waals surface area (Å²) in [5, 5.41) is 2.89. The summed E-state index contributed by atoms with van der Waals surface area (Å²) in [4.78, 5) is 4.03. The van der Waals surface area contributed by atoms with Crippen molar-refractivity contribution in [1.82, 2.24) is 10.3 Å². The van der Waals surface area contributed by atoms with E-state index in [0.717, 1.165) is 6.07 Å². The first-order valence-electron chi connectivity index (χ1n) is 5.69. The van der Waals surface area contributed by atoms with Crippen molar-refractivity contribution in [1.29, 1.82) is 0 Å². The predicted molar refractivity (Wildman–Crippen MR) is 70.2 cm³/mol. The zero-order valence-electron chi connectivity index (χ0n) is 10.7. The fourth-order valence-corrected chi connectivity index (χ4v) is 1.89. The highest BCUT2D eigenvalue weighted by atomic mass is 79.9. The number of oxazole rings is 1. The van der Waals surface area contributed by atoms with Crippen LogP contribution in [0.4, 0.5) is 13.2 Å². The summed E-state index contributed by atoms with van der Waals surface area (Å²) in [6, 6.07) is 3.77. The fraction of sp³-hybridized carbons (Fsp3) is 0.250. The second kappa shape index (κ2) is 6.35. The minimum atomic E-state index is -4.75. The third kappa shape index (κ3) is 4.64. The van der Waals surface area contributed by atoms with Crippen LogP contribution in [-0.2, 0) is 6.54 Å². The van der Waals surface area contributed by atoms with Gasteiger partial charge in [-0.1, -0.05) is 0 Å². The second-order valence-electron chi connectivity index (χ2n) is 3.88. The molecule has 9 heteroatoms. The Labute approximate surface area is 126 Å². The van der Waals surface area contributed by atoms with Crippen molar-refractivity contribution < 1.29 is 27.1 Å². The quantitative estimate of drug-likeness (QED) is 0.870. The lowest BCUT2D eigenvalue weighted by Crippen LogP contribution is -2.17. The van der Waals surface area contributed by atoms with Gasteiger partial charge in [0.15, 0.2) is 0 Å². The molecule has 0 aliphatic carbocycles. The largest absolute Gasteiger partial charge is 0.573 e. The van der Waals surface area contributed by atoms with Crippen LogP contribution in [0.5, 0.6) is 17.6 Å². The molecule has 0 unspecified atom stereocenters. The Bertz CT molecular complexity index is 616. The molecular weight excluding hydrogens is 357 g/mol. The van der Waals surface area contributed by atoms with E-state index >= 15 is 0 Å². The van der Waals surface area contributed by atoms with Gasteiger partial charge >= 0.3 is 12.4 Å². The topological polar surface area (TPSA) is 56.5 Å². The molecule has 0 aliphatic heterocycles. The minimum absolute atomic E-state index is 0.00311. The van der Waals surface area contributed by atoms with E-state index in [2.05, 4.69) is 31.0 Å². The van der Waals surface area contributed by atoms with Crippen LogP contribution in [0.3, 0.4) is 0 Å². The molecule has 114 valence electrons. The van der Waals surface area contributed by atoms with Gasteiger partial charge in [-0.25, -0.2) is 0 Å². The number of aromatic nitrogens is 1. The van der Waals surface area contributed by atoms with Crippen molar-refractivity contribution in [2.24, 2.45) is 0 Å². The maximum atomic E-state index is 12.1. The summed E-state index contributed by atoms with van der Waals surface area (Å²) in [7, 11) is 1.76. The maximum Gasteiger partial charge on any atom is 0.573 e. The zero-order chi connectivity index (χ0) is 15.5. The van der Waals surface area contributed by atoms with E-state index < -0.39 is 6.36 Å². The Balaban J connectivity index is 2.09. The van der Waals surface area contributed by atoms with Gasteiger partial charge in [0.2, 0.25) is 0 Å². The van der Waals surface area contributed by atoms with Crippen molar-refractivity contribution >= 4 is 15.9 Å². The fourth-order valence-electron chi connectivity index (χ4n) is 1.45. The summed E-state index contributed by atoms with van der Waals surface area (Å²) in [5.74, 6) is -0.104. The number of ether oxygens (including phenoxy) is 2. The van der Waals surface area contributed by atoms with E-state index in [1.165, 1.54) is 18.4 Å². The van der Waals surface area contributed by atoms with Crippen LogP contribution < -0.4 is 14.8 Å². The monoisotopic (exact) mass is 366 g/mol. The first kappa shape index (κ1) is 15.6. The molecule has 0 atom stereocenters. The number of hydrogen-bond acceptors (Lipinski definition) is 5. The van der Waals surface area contributed by atoms with E-state index in [0.29, 0.717) is 12.2 Å². The molecule has 0 bridgehead atoms. The predicted octanol–water partition coefficient (Wildman–Crippen LogP) is 3.85. The Morgan fingerprint density at radius 1 is 1.38 bits per heavy atom. The van der Waals surface area contributed by atoms with Gasteiger partial charge in [-0.05, 0) is 41.2 Å². The number of hydrogen-bond donors (Lipinski definition) is 1. The Kier molecular flexibility index (Phi) is 4.73. The summed E-state index contributed by atoms with van der Waals surface area (Å²) >= 11 is 2.98. The highest BCUT2D eigenvalue weighted by molar-refractivity contribution is 9.10. The summed E-state index contributed by atoms with van der Waals surface area (Å²) in [6.45, 7) is 0.509. The molecule has 1 aromatic heterocycles. The number of benzene rings is 1. The second-order valence-corrected chi connectivity index (χ2v) is 4.73. The molecule has 1 N–H and O–H groups in total. The first-order valence-corrected chi connectivity index (χ1v) is 6.49. The molecule has 2 aromatic rings. The van der Waals surface area contributed by atoms with Gasteiger partial charge in [0.1, 0.15) is 17.8 Å². The summed E-state index contributed by atoms with van der Waals surface area (Å²) in [5.41, 5.74) is 0.642. The highest BCUT2D eigenvalue weighted by Crippen LogP contribution is 2.34. The lowest BCUT2D eigenvalue weighted by Gasteiger charge is -2.11. The van der Waals surface area contributed by atoms with Crippen molar-refractivity contribution in [3.63, 3.8) is 0 Å². The van der Waals surface area contributed by atoms with Crippen LogP contribution in [0.25, 0.3) is 0 Å². The SMILES string of the molecule is CNCc1coc(Oc2ccc(OC(F)(F)F)c(Br)c2)n1. The smallest absolute Gasteiger partial charge is 0.417 e. The van der Waals surface area contributed by atoms with E-state index in [1.807, 2.05) is 0 Å². The molecule has 5 nitrogen and oxygen atoms in total. The van der Waals surface area contributed by atoms with Crippen LogP contribution in [0, 0.1) is 0 Å². The highest BCUT2D eigenvalue weighted by Gasteiger charge is 2.32. The molecule has 1 heterocycles. The molecule has 2 rings (SSSR count). The van der Waals surface area contributed by atoms with Crippen molar-refractivity contribution in [2.45, 2.75) is 12.9 Å². The minimum Gasteiger partial charge on any atom is -0.417 e. The Morgan fingerprint density at radius 3 is 2.76 bits per heavy atom. The molecule has 1 aromatic carbocycles.